The van der Waals surface area contributed by atoms with E-state index in [-0.39, 0.29) is 0 Å². The van der Waals surface area contributed by atoms with Gasteiger partial charge < -0.3 is 0 Å². The minimum absolute atomic E-state index is 0.613. The lowest BCUT2D eigenvalue weighted by atomic mass is 9.98. The summed E-state index contributed by atoms with van der Waals surface area (Å²) >= 11 is 12.9. The first kappa shape index (κ1) is 14.3. The predicted molar refractivity (Wildman–Crippen MR) is 96.1 cm³/mol. The molecule has 0 bridgehead atoms. The summed E-state index contributed by atoms with van der Waals surface area (Å²) in [6.45, 7) is 0. The topological polar surface area (TPSA) is 28.7 Å². The van der Waals surface area contributed by atoms with Crippen LogP contribution in [-0.4, -0.2) is 10.2 Å². The molecule has 0 amide bonds. The Morgan fingerprint density at radius 3 is 1.91 bits per heavy atom. The van der Waals surface area contributed by atoms with Crippen LogP contribution in [0.25, 0.3) is 33.6 Å². The van der Waals surface area contributed by atoms with Crippen LogP contribution >= 0.6 is 23.2 Å². The van der Waals surface area contributed by atoms with Crippen molar-refractivity contribution in [2.45, 2.75) is 0 Å². The van der Waals surface area contributed by atoms with Gasteiger partial charge in [-0.05, 0) is 6.07 Å². The second kappa shape index (κ2) is 5.73. The van der Waals surface area contributed by atoms with Crippen LogP contribution in [0.4, 0.5) is 0 Å². The largest absolute Gasteiger partial charge is 0.277 e. The maximum Gasteiger partial charge on any atom is 0.1000 e. The minimum atomic E-state index is 0.613. The quantitative estimate of drug-likeness (QED) is 0.466. The maximum absolute atomic E-state index is 6.46. The fourth-order valence-electron chi connectivity index (χ4n) is 2.81. The highest BCUT2D eigenvalue weighted by Gasteiger charge is 2.24. The molecule has 2 aromatic carbocycles. The molecule has 4 rings (SSSR count). The molecular weight excluding hydrogens is 327 g/mol. The molecule has 0 radical (unpaired) electrons. The monoisotopic (exact) mass is 338 g/mol. The number of nitrogens with one attached hydrogen (secondary N) is 1. The van der Waals surface area contributed by atoms with Gasteiger partial charge in [0.1, 0.15) is 0 Å². The van der Waals surface area contributed by atoms with Crippen LogP contribution in [0.2, 0.25) is 10.0 Å². The third-order valence-electron chi connectivity index (χ3n) is 3.86. The number of halogens is 2. The highest BCUT2D eigenvalue weighted by atomic mass is 35.5. The van der Waals surface area contributed by atoms with Crippen molar-refractivity contribution in [3.8, 4) is 33.6 Å². The summed E-state index contributed by atoms with van der Waals surface area (Å²) in [6.07, 6.45) is 0. The Balaban J connectivity index is 2.02. The van der Waals surface area contributed by atoms with E-state index in [0.29, 0.717) is 10.0 Å². The maximum atomic E-state index is 6.46. The van der Waals surface area contributed by atoms with Crippen LogP contribution in [0.3, 0.4) is 0 Å². The van der Waals surface area contributed by atoms with E-state index in [0.717, 1.165) is 33.6 Å². The highest BCUT2D eigenvalue weighted by molar-refractivity contribution is 6.41. The third kappa shape index (κ3) is 2.40. The molecule has 0 fully saturated rings. The number of aromatic amines is 1. The average Bonchev–Trinajstić information content (AvgIpc) is 2.91. The van der Waals surface area contributed by atoms with Gasteiger partial charge in [-0.2, -0.15) is 5.10 Å². The summed E-state index contributed by atoms with van der Waals surface area (Å²) in [4.78, 5) is 0. The van der Waals surface area contributed by atoms with Crippen molar-refractivity contribution in [2.75, 3.05) is 0 Å². The van der Waals surface area contributed by atoms with Gasteiger partial charge in [0.05, 0.1) is 21.4 Å². The van der Waals surface area contributed by atoms with Gasteiger partial charge in [-0.25, -0.2) is 0 Å². The van der Waals surface area contributed by atoms with E-state index in [1.807, 2.05) is 60.7 Å². The summed E-state index contributed by atoms with van der Waals surface area (Å²) < 4.78 is 0. The van der Waals surface area contributed by atoms with Crippen LogP contribution in [0.15, 0.2) is 66.7 Å². The smallest absolute Gasteiger partial charge is 0.1000 e. The van der Waals surface area contributed by atoms with Crippen LogP contribution in [0.5, 0.6) is 0 Å². The zero-order chi connectivity index (χ0) is 15.8. The van der Waals surface area contributed by atoms with Crippen molar-refractivity contribution in [3.05, 3.63) is 76.8 Å². The fraction of sp³-hybridized carbons (Fsp3) is 0. The van der Waals surface area contributed by atoms with Crippen LogP contribution in [-0.2, 0) is 0 Å². The second-order valence-electron chi connectivity index (χ2n) is 5.27. The van der Waals surface area contributed by atoms with Gasteiger partial charge in [0.25, 0.3) is 0 Å². The molecule has 112 valence electrons. The molecule has 1 aliphatic carbocycles. The number of hydrogen-bond acceptors (Lipinski definition) is 1. The lowest BCUT2D eigenvalue weighted by Gasteiger charge is -2.14. The van der Waals surface area contributed by atoms with Gasteiger partial charge in [-0.3, -0.25) is 5.10 Å². The van der Waals surface area contributed by atoms with E-state index in [2.05, 4.69) is 10.2 Å². The molecule has 0 saturated carbocycles. The average molecular weight is 339 g/mol. The first-order chi connectivity index (χ1) is 11.3. The Kier molecular flexibility index (Phi) is 3.56. The van der Waals surface area contributed by atoms with E-state index >= 15 is 0 Å². The second-order valence-corrected chi connectivity index (χ2v) is 6.08. The molecule has 1 aliphatic heterocycles. The minimum Gasteiger partial charge on any atom is -0.277 e. The van der Waals surface area contributed by atoms with Crippen LogP contribution in [0, 0.1) is 0 Å². The molecule has 1 heterocycles. The molecule has 0 atom stereocenters. The van der Waals surface area contributed by atoms with E-state index < -0.39 is 0 Å². The van der Waals surface area contributed by atoms with Crippen molar-refractivity contribution in [2.24, 2.45) is 0 Å². The number of H-pyrrole nitrogens is 1. The Labute approximate surface area is 144 Å². The summed E-state index contributed by atoms with van der Waals surface area (Å²) in [5.74, 6) is 0. The fourth-order valence-corrected chi connectivity index (χ4v) is 3.46. The molecular formula is C19H12Cl2N2. The summed E-state index contributed by atoms with van der Waals surface area (Å²) in [5, 5.41) is 8.95. The summed E-state index contributed by atoms with van der Waals surface area (Å²) in [5.41, 5.74) is 5.47. The predicted octanol–water partition coefficient (Wildman–Crippen LogP) is 6.16. The van der Waals surface area contributed by atoms with Crippen LogP contribution in [0.1, 0.15) is 0 Å². The van der Waals surface area contributed by atoms with Gasteiger partial charge in [0.2, 0.25) is 0 Å². The molecule has 0 aromatic heterocycles. The molecule has 2 nitrogen and oxygen atoms in total. The van der Waals surface area contributed by atoms with E-state index in [1.54, 1.807) is 6.07 Å². The van der Waals surface area contributed by atoms with E-state index in [1.165, 1.54) is 0 Å². The van der Waals surface area contributed by atoms with E-state index in [4.69, 9.17) is 23.2 Å². The Morgan fingerprint density at radius 2 is 1.26 bits per heavy atom. The third-order valence-corrected chi connectivity index (χ3v) is 4.45. The SMILES string of the molecule is Clc1cc(Cl)c2c(-c3ccccc3)[nH]nc(-c3ccccc3)c1-2. The molecule has 0 spiro atoms. The number of fused-ring (bicyclic) bond motifs is 1. The number of aromatic nitrogens is 2. The Hall–Kier alpha value is -2.29. The van der Waals surface area contributed by atoms with Crippen molar-refractivity contribution in [1.82, 2.24) is 10.2 Å². The zero-order valence-corrected chi connectivity index (χ0v) is 13.6. The highest BCUT2D eigenvalue weighted by Crippen LogP contribution is 2.47. The number of hydrogen-bond donors (Lipinski definition) is 1. The molecule has 2 aliphatic rings. The first-order valence-corrected chi connectivity index (χ1v) is 7.98. The van der Waals surface area contributed by atoms with Crippen molar-refractivity contribution in [3.63, 3.8) is 0 Å². The number of rotatable bonds is 2. The Bertz CT molecular complexity index is 854. The lowest BCUT2D eigenvalue weighted by Crippen LogP contribution is -1.97. The van der Waals surface area contributed by atoms with Gasteiger partial charge >= 0.3 is 0 Å². The summed E-state index contributed by atoms with van der Waals surface area (Å²) in [6, 6.07) is 21.7. The lowest BCUT2D eigenvalue weighted by molar-refractivity contribution is 1.05. The normalized spacial score (nSPS) is 11.0. The standard InChI is InChI=1S/C19H12Cl2N2/c20-14-11-15(21)17-16(14)18(12-7-3-1-4-8-12)22-23-19(17)13-9-5-2-6-10-13/h1-11,22H. The van der Waals surface area contributed by atoms with Gasteiger partial charge in [0.15, 0.2) is 0 Å². The van der Waals surface area contributed by atoms with Gasteiger partial charge in [0, 0.05) is 22.3 Å². The molecule has 0 unspecified atom stereocenters. The summed E-state index contributed by atoms with van der Waals surface area (Å²) in [7, 11) is 0. The Morgan fingerprint density at radius 1 is 0.696 bits per heavy atom. The zero-order valence-electron chi connectivity index (χ0n) is 12.1. The van der Waals surface area contributed by atoms with E-state index in [9.17, 15) is 0 Å². The molecule has 4 heteroatoms. The van der Waals surface area contributed by atoms with Crippen molar-refractivity contribution < 1.29 is 0 Å². The molecule has 2 aromatic rings. The number of nitrogens with zero attached hydrogens (tertiary/aromatic N) is 1. The van der Waals surface area contributed by atoms with Crippen LogP contribution < -0.4 is 0 Å². The van der Waals surface area contributed by atoms with Crippen molar-refractivity contribution in [1.29, 1.82) is 0 Å². The first-order valence-electron chi connectivity index (χ1n) is 7.22. The molecule has 0 saturated heterocycles. The molecule has 23 heavy (non-hydrogen) atoms. The number of benzene rings is 2. The molecule has 1 N–H and O–H groups in total. The van der Waals surface area contributed by atoms with Gasteiger partial charge in [-0.1, -0.05) is 83.9 Å². The van der Waals surface area contributed by atoms with Crippen molar-refractivity contribution >= 4 is 23.2 Å². The van der Waals surface area contributed by atoms with Gasteiger partial charge in [-0.15, -0.1) is 0 Å².